The number of carbonyl (C=O) groups is 2. The van der Waals surface area contributed by atoms with Gasteiger partial charge >= 0.3 is 0 Å². The van der Waals surface area contributed by atoms with Gasteiger partial charge in [0.2, 0.25) is 11.8 Å². The summed E-state index contributed by atoms with van der Waals surface area (Å²) in [4.78, 5) is 23.4. The average molecular weight is 291 g/mol. The van der Waals surface area contributed by atoms with Crippen molar-refractivity contribution >= 4 is 17.5 Å². The van der Waals surface area contributed by atoms with Gasteiger partial charge < -0.3 is 11.1 Å². The molecule has 1 aromatic carbocycles. The molecule has 1 aromatic rings. The Morgan fingerprint density at radius 2 is 1.95 bits per heavy atom. The minimum absolute atomic E-state index is 0.0429. The highest BCUT2D eigenvalue weighted by molar-refractivity contribution is 5.93. The van der Waals surface area contributed by atoms with Gasteiger partial charge in [0.05, 0.1) is 12.6 Å². The maximum atomic E-state index is 11.9. The van der Waals surface area contributed by atoms with Gasteiger partial charge in [-0.25, -0.2) is 0 Å². The highest BCUT2D eigenvalue weighted by atomic mass is 16.2. The van der Waals surface area contributed by atoms with Gasteiger partial charge in [0.25, 0.3) is 0 Å². The van der Waals surface area contributed by atoms with Crippen molar-refractivity contribution in [2.24, 2.45) is 11.1 Å². The highest BCUT2D eigenvalue weighted by Gasteiger charge is 2.29. The Morgan fingerprint density at radius 1 is 1.29 bits per heavy atom. The van der Waals surface area contributed by atoms with Gasteiger partial charge in [0, 0.05) is 5.69 Å². The highest BCUT2D eigenvalue weighted by Crippen LogP contribution is 2.18. The van der Waals surface area contributed by atoms with Crippen LogP contribution in [0.5, 0.6) is 0 Å². The zero-order chi connectivity index (χ0) is 16.0. The largest absolute Gasteiger partial charge is 0.368 e. The number of aryl methyl sites for hydroxylation is 1. The smallest absolute Gasteiger partial charge is 0.238 e. The van der Waals surface area contributed by atoms with E-state index in [4.69, 9.17) is 5.73 Å². The van der Waals surface area contributed by atoms with E-state index in [1.54, 1.807) is 0 Å². The molecule has 5 nitrogen and oxygen atoms in total. The SMILES string of the molecule is CCc1cccc(NC(=O)CNC(C(N)=O)C(C)(C)C)c1. The summed E-state index contributed by atoms with van der Waals surface area (Å²) in [5, 5.41) is 5.73. The molecule has 0 radical (unpaired) electrons. The van der Waals surface area contributed by atoms with Crippen LogP contribution < -0.4 is 16.4 Å². The number of rotatable bonds is 6. The van der Waals surface area contributed by atoms with Crippen molar-refractivity contribution in [2.45, 2.75) is 40.2 Å². The fraction of sp³-hybridized carbons (Fsp3) is 0.500. The summed E-state index contributed by atoms with van der Waals surface area (Å²) >= 11 is 0. The van der Waals surface area contributed by atoms with Gasteiger partial charge in [-0.1, -0.05) is 39.8 Å². The molecule has 5 heteroatoms. The molecule has 0 fully saturated rings. The van der Waals surface area contributed by atoms with E-state index in [9.17, 15) is 9.59 Å². The Kier molecular flexibility index (Phi) is 5.90. The Morgan fingerprint density at radius 3 is 2.48 bits per heavy atom. The summed E-state index contributed by atoms with van der Waals surface area (Å²) in [7, 11) is 0. The van der Waals surface area contributed by atoms with E-state index in [0.29, 0.717) is 0 Å². The number of carbonyl (C=O) groups excluding carboxylic acids is 2. The van der Waals surface area contributed by atoms with E-state index in [1.165, 1.54) is 0 Å². The van der Waals surface area contributed by atoms with Crippen molar-refractivity contribution in [3.8, 4) is 0 Å². The van der Waals surface area contributed by atoms with Crippen molar-refractivity contribution in [1.29, 1.82) is 0 Å². The molecule has 0 saturated heterocycles. The van der Waals surface area contributed by atoms with Crippen LogP contribution >= 0.6 is 0 Å². The molecule has 0 aliphatic heterocycles. The standard InChI is InChI=1S/C16H25N3O2/c1-5-11-7-6-8-12(9-11)19-13(20)10-18-14(15(17)21)16(2,3)4/h6-9,14,18H,5,10H2,1-4H3,(H2,17,21)(H,19,20). The van der Waals surface area contributed by atoms with Gasteiger partial charge in [0.1, 0.15) is 0 Å². The summed E-state index contributed by atoms with van der Waals surface area (Å²) < 4.78 is 0. The third-order valence-electron chi connectivity index (χ3n) is 3.24. The van der Waals surface area contributed by atoms with Crippen molar-refractivity contribution in [2.75, 3.05) is 11.9 Å². The number of amides is 2. The Bertz CT molecular complexity index is 506. The van der Waals surface area contributed by atoms with Gasteiger partial charge in [-0.05, 0) is 29.5 Å². The summed E-state index contributed by atoms with van der Waals surface area (Å²) in [6.07, 6.45) is 0.912. The Hall–Kier alpha value is -1.88. The Balaban J connectivity index is 2.59. The molecule has 2 amide bonds. The first kappa shape index (κ1) is 17.2. The molecule has 4 N–H and O–H groups in total. The Labute approximate surface area is 126 Å². The molecule has 116 valence electrons. The molecule has 1 rings (SSSR count). The molecule has 1 atom stereocenters. The minimum atomic E-state index is -0.551. The first-order valence-electron chi connectivity index (χ1n) is 7.15. The lowest BCUT2D eigenvalue weighted by Gasteiger charge is -2.28. The quantitative estimate of drug-likeness (QED) is 0.745. The number of primary amides is 1. The summed E-state index contributed by atoms with van der Waals surface area (Å²) in [5.41, 5.74) is 6.94. The number of hydrogen-bond donors (Lipinski definition) is 3. The monoisotopic (exact) mass is 291 g/mol. The lowest BCUT2D eigenvalue weighted by Crippen LogP contribution is -2.51. The predicted molar refractivity (Wildman–Crippen MR) is 84.9 cm³/mol. The van der Waals surface area contributed by atoms with E-state index in [0.717, 1.165) is 17.7 Å². The van der Waals surface area contributed by atoms with Crippen LogP contribution in [0.15, 0.2) is 24.3 Å². The number of nitrogens with one attached hydrogen (secondary N) is 2. The lowest BCUT2D eigenvalue weighted by molar-refractivity contribution is -0.122. The van der Waals surface area contributed by atoms with Crippen molar-refractivity contribution in [1.82, 2.24) is 5.32 Å². The van der Waals surface area contributed by atoms with Crippen molar-refractivity contribution in [3.05, 3.63) is 29.8 Å². The lowest BCUT2D eigenvalue weighted by atomic mass is 9.86. The fourth-order valence-electron chi connectivity index (χ4n) is 2.10. The number of anilines is 1. The van der Waals surface area contributed by atoms with E-state index in [2.05, 4.69) is 17.6 Å². The molecular weight excluding hydrogens is 266 g/mol. The first-order valence-corrected chi connectivity index (χ1v) is 7.15. The molecule has 21 heavy (non-hydrogen) atoms. The second-order valence-corrected chi connectivity index (χ2v) is 6.18. The van der Waals surface area contributed by atoms with Crippen LogP contribution in [-0.2, 0) is 16.0 Å². The number of hydrogen-bond acceptors (Lipinski definition) is 3. The van der Waals surface area contributed by atoms with Gasteiger partial charge in [-0.3, -0.25) is 14.9 Å². The van der Waals surface area contributed by atoms with Crippen molar-refractivity contribution < 1.29 is 9.59 Å². The van der Waals surface area contributed by atoms with Crippen LogP contribution in [0.25, 0.3) is 0 Å². The molecule has 0 spiro atoms. The molecule has 0 aliphatic rings. The topological polar surface area (TPSA) is 84.2 Å². The van der Waals surface area contributed by atoms with Crippen LogP contribution in [0.4, 0.5) is 5.69 Å². The average Bonchev–Trinajstić information content (AvgIpc) is 2.37. The predicted octanol–water partition coefficient (Wildman–Crippen LogP) is 1.68. The maximum absolute atomic E-state index is 11.9. The second-order valence-electron chi connectivity index (χ2n) is 6.18. The van der Waals surface area contributed by atoms with E-state index < -0.39 is 11.9 Å². The summed E-state index contributed by atoms with van der Waals surface area (Å²) in [5.74, 6) is -0.651. The van der Waals surface area contributed by atoms with Crippen molar-refractivity contribution in [3.63, 3.8) is 0 Å². The van der Waals surface area contributed by atoms with E-state index in [1.807, 2.05) is 45.0 Å². The van der Waals surface area contributed by atoms with Crippen LogP contribution in [0.3, 0.4) is 0 Å². The minimum Gasteiger partial charge on any atom is -0.368 e. The van der Waals surface area contributed by atoms with Crippen LogP contribution in [0.2, 0.25) is 0 Å². The van der Waals surface area contributed by atoms with Gasteiger partial charge in [-0.15, -0.1) is 0 Å². The maximum Gasteiger partial charge on any atom is 0.238 e. The summed E-state index contributed by atoms with van der Waals surface area (Å²) in [6.45, 7) is 7.80. The zero-order valence-electron chi connectivity index (χ0n) is 13.2. The summed E-state index contributed by atoms with van der Waals surface area (Å²) in [6, 6.07) is 7.14. The molecule has 0 aromatic heterocycles. The molecule has 0 aliphatic carbocycles. The third kappa shape index (κ3) is 5.55. The third-order valence-corrected chi connectivity index (χ3v) is 3.24. The second kappa shape index (κ2) is 7.22. The zero-order valence-corrected chi connectivity index (χ0v) is 13.2. The van der Waals surface area contributed by atoms with Gasteiger partial charge in [-0.2, -0.15) is 0 Å². The van der Waals surface area contributed by atoms with E-state index in [-0.39, 0.29) is 17.9 Å². The first-order chi connectivity index (χ1) is 9.74. The van der Waals surface area contributed by atoms with Crippen LogP contribution in [-0.4, -0.2) is 24.4 Å². The molecule has 0 heterocycles. The molecule has 0 bridgehead atoms. The molecule has 0 saturated carbocycles. The number of nitrogens with two attached hydrogens (primary N) is 1. The van der Waals surface area contributed by atoms with E-state index >= 15 is 0 Å². The van der Waals surface area contributed by atoms with Gasteiger partial charge in [0.15, 0.2) is 0 Å². The number of benzene rings is 1. The normalized spacial score (nSPS) is 12.8. The fourth-order valence-corrected chi connectivity index (χ4v) is 2.10. The van der Waals surface area contributed by atoms with Crippen LogP contribution in [0.1, 0.15) is 33.3 Å². The molecular formula is C16H25N3O2. The van der Waals surface area contributed by atoms with Crippen LogP contribution in [0, 0.1) is 5.41 Å². The molecule has 1 unspecified atom stereocenters.